The molecule has 1 aromatic carbocycles. The van der Waals surface area contributed by atoms with Gasteiger partial charge in [-0.25, -0.2) is 0 Å². The summed E-state index contributed by atoms with van der Waals surface area (Å²) in [5, 5.41) is 2.90. The van der Waals surface area contributed by atoms with E-state index in [1.807, 2.05) is 31.3 Å². The van der Waals surface area contributed by atoms with Gasteiger partial charge >= 0.3 is 0 Å². The number of aryl methyl sites for hydroxylation is 1. The van der Waals surface area contributed by atoms with E-state index in [0.717, 1.165) is 36.3 Å². The molecule has 2 amide bonds. The minimum absolute atomic E-state index is 0.0524. The lowest BCUT2D eigenvalue weighted by Crippen LogP contribution is -2.43. The van der Waals surface area contributed by atoms with E-state index in [1.54, 1.807) is 4.90 Å². The standard InChI is InChI=1S/C15H17N3O2/c1-11-2-3-12-13(15(20)16-14(12)8-11)9-17-4-6-18(10-19)7-5-17/h2-3,8-10H,4-7H2,1H3,(H,16,20)/b13-9+. The van der Waals surface area contributed by atoms with Crippen LogP contribution in [0.1, 0.15) is 11.1 Å². The van der Waals surface area contributed by atoms with E-state index >= 15 is 0 Å². The smallest absolute Gasteiger partial charge is 0.257 e. The lowest BCUT2D eigenvalue weighted by Gasteiger charge is -2.31. The minimum Gasteiger partial charge on any atom is -0.373 e. The number of fused-ring (bicyclic) bond motifs is 1. The number of rotatable bonds is 2. The van der Waals surface area contributed by atoms with Gasteiger partial charge in [-0.3, -0.25) is 9.59 Å². The van der Waals surface area contributed by atoms with Crippen molar-refractivity contribution < 1.29 is 9.59 Å². The van der Waals surface area contributed by atoms with Crippen LogP contribution in [0.3, 0.4) is 0 Å². The zero-order valence-electron chi connectivity index (χ0n) is 11.4. The highest BCUT2D eigenvalue weighted by atomic mass is 16.2. The molecule has 20 heavy (non-hydrogen) atoms. The van der Waals surface area contributed by atoms with Gasteiger partial charge in [-0.15, -0.1) is 0 Å². The van der Waals surface area contributed by atoms with Gasteiger partial charge in [0.05, 0.1) is 5.57 Å². The zero-order chi connectivity index (χ0) is 14.1. The third-order valence-corrected chi connectivity index (χ3v) is 3.77. The number of piperazine rings is 1. The van der Waals surface area contributed by atoms with Gasteiger partial charge in [0.1, 0.15) is 0 Å². The molecule has 5 nitrogen and oxygen atoms in total. The Hall–Kier alpha value is -2.30. The number of nitrogens with one attached hydrogen (secondary N) is 1. The lowest BCUT2D eigenvalue weighted by atomic mass is 10.1. The summed E-state index contributed by atoms with van der Waals surface area (Å²) in [6, 6.07) is 5.98. The molecule has 0 atom stereocenters. The first-order chi connectivity index (χ1) is 9.67. The number of carbonyl (C=O) groups is 2. The topological polar surface area (TPSA) is 52.7 Å². The van der Waals surface area contributed by atoms with Crippen LogP contribution in [-0.4, -0.2) is 48.3 Å². The molecule has 0 saturated carbocycles. The van der Waals surface area contributed by atoms with Crippen molar-refractivity contribution in [1.82, 2.24) is 9.80 Å². The van der Waals surface area contributed by atoms with Gasteiger partial charge < -0.3 is 15.1 Å². The Balaban J connectivity index is 1.83. The second kappa shape index (κ2) is 5.00. The average Bonchev–Trinajstić information content (AvgIpc) is 2.75. The van der Waals surface area contributed by atoms with E-state index in [4.69, 9.17) is 0 Å². The molecule has 0 unspecified atom stereocenters. The van der Waals surface area contributed by atoms with Gasteiger partial charge in [-0.05, 0) is 18.6 Å². The Labute approximate surface area is 117 Å². The molecule has 0 aliphatic carbocycles. The van der Waals surface area contributed by atoms with Crippen molar-refractivity contribution in [3.05, 3.63) is 35.5 Å². The van der Waals surface area contributed by atoms with Crippen LogP contribution in [0.5, 0.6) is 0 Å². The number of anilines is 1. The molecule has 2 aliphatic heterocycles. The maximum absolute atomic E-state index is 12.1. The summed E-state index contributed by atoms with van der Waals surface area (Å²) in [5.41, 5.74) is 3.68. The van der Waals surface area contributed by atoms with Crippen molar-refractivity contribution in [2.45, 2.75) is 6.92 Å². The first-order valence-corrected chi connectivity index (χ1v) is 6.75. The van der Waals surface area contributed by atoms with Gasteiger partial charge in [-0.1, -0.05) is 12.1 Å². The third kappa shape index (κ3) is 2.27. The van der Waals surface area contributed by atoms with Crippen molar-refractivity contribution in [1.29, 1.82) is 0 Å². The molecular formula is C15H17N3O2. The fourth-order valence-corrected chi connectivity index (χ4v) is 2.59. The van der Waals surface area contributed by atoms with Crippen molar-refractivity contribution in [3.8, 4) is 0 Å². The molecule has 3 rings (SSSR count). The predicted molar refractivity (Wildman–Crippen MR) is 77.0 cm³/mol. The number of nitrogens with zero attached hydrogens (tertiary/aromatic N) is 2. The zero-order valence-corrected chi connectivity index (χ0v) is 11.4. The molecule has 0 spiro atoms. The second-order valence-corrected chi connectivity index (χ2v) is 5.22. The van der Waals surface area contributed by atoms with Crippen molar-refractivity contribution in [2.24, 2.45) is 0 Å². The third-order valence-electron chi connectivity index (χ3n) is 3.77. The van der Waals surface area contributed by atoms with Crippen LogP contribution in [-0.2, 0) is 9.59 Å². The molecule has 0 radical (unpaired) electrons. The highest BCUT2D eigenvalue weighted by Gasteiger charge is 2.25. The normalized spacial score (nSPS) is 20.1. The summed E-state index contributed by atoms with van der Waals surface area (Å²) in [7, 11) is 0. The fraction of sp³-hybridized carbons (Fsp3) is 0.333. The summed E-state index contributed by atoms with van der Waals surface area (Å²) in [4.78, 5) is 26.6. The monoisotopic (exact) mass is 271 g/mol. The van der Waals surface area contributed by atoms with Gasteiger partial charge in [0.2, 0.25) is 6.41 Å². The Morgan fingerprint density at radius 1 is 1.15 bits per heavy atom. The van der Waals surface area contributed by atoms with E-state index in [1.165, 1.54) is 0 Å². The van der Waals surface area contributed by atoms with Crippen LogP contribution >= 0.6 is 0 Å². The summed E-state index contributed by atoms with van der Waals surface area (Å²) in [5.74, 6) is -0.0524. The Morgan fingerprint density at radius 2 is 1.85 bits per heavy atom. The summed E-state index contributed by atoms with van der Waals surface area (Å²) in [6.45, 7) is 4.94. The number of amides is 2. The number of hydrogen-bond acceptors (Lipinski definition) is 3. The fourth-order valence-electron chi connectivity index (χ4n) is 2.59. The largest absolute Gasteiger partial charge is 0.373 e. The molecule has 0 aromatic heterocycles. The predicted octanol–water partition coefficient (Wildman–Crippen LogP) is 1.06. The van der Waals surface area contributed by atoms with E-state index < -0.39 is 0 Å². The molecule has 0 bridgehead atoms. The summed E-state index contributed by atoms with van der Waals surface area (Å²) < 4.78 is 0. The minimum atomic E-state index is -0.0524. The maximum Gasteiger partial charge on any atom is 0.257 e. The van der Waals surface area contributed by atoms with Crippen LogP contribution in [0.4, 0.5) is 5.69 Å². The Bertz CT molecular complexity index is 587. The van der Waals surface area contributed by atoms with E-state index in [9.17, 15) is 9.59 Å². The molecule has 1 fully saturated rings. The second-order valence-electron chi connectivity index (χ2n) is 5.22. The van der Waals surface area contributed by atoms with Gasteiger partial charge in [-0.2, -0.15) is 0 Å². The quantitative estimate of drug-likeness (QED) is 0.646. The van der Waals surface area contributed by atoms with Crippen LogP contribution in [0, 0.1) is 6.92 Å². The highest BCUT2D eigenvalue weighted by Crippen LogP contribution is 2.32. The van der Waals surface area contributed by atoms with E-state index in [-0.39, 0.29) is 5.91 Å². The average molecular weight is 271 g/mol. The Morgan fingerprint density at radius 3 is 2.55 bits per heavy atom. The van der Waals surface area contributed by atoms with Gasteiger partial charge in [0.15, 0.2) is 0 Å². The molecule has 5 heteroatoms. The van der Waals surface area contributed by atoms with E-state index in [0.29, 0.717) is 18.7 Å². The summed E-state index contributed by atoms with van der Waals surface area (Å²) >= 11 is 0. The van der Waals surface area contributed by atoms with Crippen molar-refractivity contribution >= 4 is 23.6 Å². The number of carbonyl (C=O) groups excluding carboxylic acids is 2. The molecule has 1 aromatic rings. The Kier molecular flexibility index (Phi) is 3.18. The number of benzene rings is 1. The van der Waals surface area contributed by atoms with Crippen LogP contribution < -0.4 is 5.32 Å². The highest BCUT2D eigenvalue weighted by molar-refractivity contribution is 6.31. The van der Waals surface area contributed by atoms with Crippen LogP contribution in [0.15, 0.2) is 24.4 Å². The molecule has 2 aliphatic rings. The van der Waals surface area contributed by atoms with Gasteiger partial charge in [0.25, 0.3) is 5.91 Å². The SMILES string of the molecule is Cc1ccc2c(c1)NC(=O)/C2=C/N1CCN(C=O)CC1. The molecule has 1 N–H and O–H groups in total. The maximum atomic E-state index is 12.1. The lowest BCUT2D eigenvalue weighted by molar-refractivity contribution is -0.119. The van der Waals surface area contributed by atoms with E-state index in [2.05, 4.69) is 10.2 Å². The number of hydrogen-bond donors (Lipinski definition) is 1. The van der Waals surface area contributed by atoms with Crippen LogP contribution in [0.2, 0.25) is 0 Å². The molecule has 104 valence electrons. The van der Waals surface area contributed by atoms with Crippen LogP contribution in [0.25, 0.3) is 5.57 Å². The van der Waals surface area contributed by atoms with Crippen molar-refractivity contribution in [3.63, 3.8) is 0 Å². The van der Waals surface area contributed by atoms with Gasteiger partial charge in [0, 0.05) is 43.6 Å². The summed E-state index contributed by atoms with van der Waals surface area (Å²) in [6.07, 6.45) is 2.80. The first kappa shape index (κ1) is 12.7. The molecular weight excluding hydrogens is 254 g/mol. The van der Waals surface area contributed by atoms with Crippen molar-refractivity contribution in [2.75, 3.05) is 31.5 Å². The molecule has 2 heterocycles. The molecule has 1 saturated heterocycles. The first-order valence-electron chi connectivity index (χ1n) is 6.75.